The number of rotatable bonds is 5. The topological polar surface area (TPSA) is 34.1 Å². The lowest BCUT2D eigenvalue weighted by atomic mass is 9.63. The summed E-state index contributed by atoms with van der Waals surface area (Å²) in [7, 11) is -3.13. The molecule has 3 heteroatoms. The molecule has 0 N–H and O–H groups in total. The van der Waals surface area contributed by atoms with Crippen LogP contribution in [0.15, 0.2) is 12.0 Å². The summed E-state index contributed by atoms with van der Waals surface area (Å²) < 4.78 is 23.1. The van der Waals surface area contributed by atoms with Gasteiger partial charge in [0.2, 0.25) is 0 Å². The highest BCUT2D eigenvalue weighted by atomic mass is 32.2. The third-order valence-electron chi connectivity index (χ3n) is 4.00. The van der Waals surface area contributed by atoms with Crippen molar-refractivity contribution in [3.8, 4) is 0 Å². The van der Waals surface area contributed by atoms with E-state index in [0.717, 1.165) is 5.41 Å². The van der Waals surface area contributed by atoms with Crippen molar-refractivity contribution in [3.05, 3.63) is 12.0 Å². The first kappa shape index (κ1) is 14.7. The summed E-state index contributed by atoms with van der Waals surface area (Å²) >= 11 is 0. The fraction of sp³-hybridized carbons (Fsp3) is 0.833. The molecule has 0 aliphatic heterocycles. The van der Waals surface area contributed by atoms with E-state index in [9.17, 15) is 8.42 Å². The Morgan fingerprint density at radius 2 is 1.60 bits per heavy atom. The minimum atomic E-state index is -3.13. The van der Waals surface area contributed by atoms with Gasteiger partial charge >= 0.3 is 0 Å². The zero-order valence-corrected chi connectivity index (χ0v) is 11.6. The number of hydrogen-bond donors (Lipinski definition) is 0. The first-order chi connectivity index (χ1) is 6.46. The molecule has 0 heterocycles. The van der Waals surface area contributed by atoms with Gasteiger partial charge in [-0.25, -0.2) is 8.42 Å². The zero-order valence-electron chi connectivity index (χ0n) is 10.8. The van der Waals surface area contributed by atoms with E-state index in [4.69, 9.17) is 0 Å². The van der Waals surface area contributed by atoms with Crippen LogP contribution in [0.5, 0.6) is 0 Å². The van der Waals surface area contributed by atoms with Gasteiger partial charge in [-0.2, -0.15) is 0 Å². The van der Waals surface area contributed by atoms with Gasteiger partial charge in [0, 0.05) is 5.41 Å². The van der Waals surface area contributed by atoms with Gasteiger partial charge in [-0.05, 0) is 16.7 Å². The summed E-state index contributed by atoms with van der Waals surface area (Å²) in [5.74, 6) is 0.599. The van der Waals surface area contributed by atoms with E-state index in [1.54, 1.807) is 0 Å². The van der Waals surface area contributed by atoms with Crippen molar-refractivity contribution in [1.29, 1.82) is 0 Å². The maximum atomic E-state index is 11.6. The molecule has 90 valence electrons. The largest absolute Gasteiger partial charge is 0.224 e. The van der Waals surface area contributed by atoms with Crippen LogP contribution in [0, 0.1) is 16.7 Å². The van der Waals surface area contributed by atoms with Gasteiger partial charge in [-0.3, -0.25) is 0 Å². The molecule has 0 unspecified atom stereocenters. The molecule has 0 aliphatic rings. The van der Waals surface area contributed by atoms with Crippen LogP contribution in [0.25, 0.3) is 0 Å². The van der Waals surface area contributed by atoms with Crippen molar-refractivity contribution in [2.45, 2.75) is 41.5 Å². The third-order valence-corrected chi connectivity index (χ3v) is 5.64. The molecule has 0 radical (unpaired) electrons. The molecule has 2 nitrogen and oxygen atoms in total. The van der Waals surface area contributed by atoms with Gasteiger partial charge < -0.3 is 0 Å². The maximum Gasteiger partial charge on any atom is 0.171 e. The van der Waals surface area contributed by atoms with Crippen LogP contribution in [0.1, 0.15) is 41.5 Å². The van der Waals surface area contributed by atoms with E-state index in [2.05, 4.69) is 34.3 Å². The Bertz CT molecular complexity index is 322. The van der Waals surface area contributed by atoms with E-state index < -0.39 is 9.84 Å². The van der Waals surface area contributed by atoms with Crippen LogP contribution in [0.2, 0.25) is 0 Å². The Hall–Kier alpha value is -0.310. The van der Waals surface area contributed by atoms with Crippen LogP contribution in [0.3, 0.4) is 0 Å². The van der Waals surface area contributed by atoms with Crippen LogP contribution in [-0.2, 0) is 9.84 Å². The van der Waals surface area contributed by atoms with Crippen molar-refractivity contribution < 1.29 is 8.42 Å². The predicted molar refractivity (Wildman–Crippen MR) is 66.4 cm³/mol. The van der Waals surface area contributed by atoms with Crippen molar-refractivity contribution >= 4 is 9.84 Å². The molecule has 0 spiro atoms. The van der Waals surface area contributed by atoms with Crippen LogP contribution < -0.4 is 0 Å². The smallest absolute Gasteiger partial charge is 0.171 e. The predicted octanol–water partition coefficient (Wildman–Crippen LogP) is 3.25. The highest BCUT2D eigenvalue weighted by Crippen LogP contribution is 2.45. The average Bonchev–Trinajstić information content (AvgIpc) is 2.02. The van der Waals surface area contributed by atoms with E-state index in [1.807, 2.05) is 13.8 Å². The molecular formula is C12H24O2S. The molecule has 0 aromatic heterocycles. The quantitative estimate of drug-likeness (QED) is 0.729. The lowest BCUT2D eigenvalue weighted by molar-refractivity contribution is 0.0766. The van der Waals surface area contributed by atoms with Crippen LogP contribution in [-0.4, -0.2) is 14.2 Å². The first-order valence-corrected chi connectivity index (χ1v) is 7.03. The molecule has 0 saturated carbocycles. The molecular weight excluding hydrogens is 208 g/mol. The number of hydrogen-bond acceptors (Lipinski definition) is 2. The Morgan fingerprint density at radius 1 is 1.20 bits per heavy atom. The normalized spacial score (nSPS) is 14.3. The summed E-state index contributed by atoms with van der Waals surface area (Å²) in [6.07, 6.45) is 0. The Morgan fingerprint density at radius 3 is 1.87 bits per heavy atom. The van der Waals surface area contributed by atoms with Crippen LogP contribution >= 0.6 is 0 Å². The minimum absolute atomic E-state index is 0.0247. The summed E-state index contributed by atoms with van der Waals surface area (Å²) in [6.45, 7) is 15.9. The summed E-state index contributed by atoms with van der Waals surface area (Å²) in [4.78, 5) is 0. The Balaban J connectivity index is 5.08. The monoisotopic (exact) mass is 232 g/mol. The summed E-state index contributed by atoms with van der Waals surface area (Å²) in [6, 6.07) is 0. The second-order valence-electron chi connectivity index (χ2n) is 5.73. The van der Waals surface area contributed by atoms with E-state index in [-0.39, 0.29) is 16.6 Å². The van der Waals surface area contributed by atoms with E-state index in [0.29, 0.717) is 5.92 Å². The van der Waals surface area contributed by atoms with Gasteiger partial charge in [-0.1, -0.05) is 48.1 Å². The summed E-state index contributed by atoms with van der Waals surface area (Å²) in [5, 5.41) is 1.06. The molecule has 0 fully saturated rings. The van der Waals surface area contributed by atoms with Gasteiger partial charge in [0.15, 0.2) is 9.84 Å². The number of sulfone groups is 1. The molecule has 0 bridgehead atoms. The fourth-order valence-electron chi connectivity index (χ4n) is 1.53. The molecule has 0 aliphatic carbocycles. The third kappa shape index (κ3) is 3.33. The first-order valence-electron chi connectivity index (χ1n) is 5.31. The molecule has 0 aromatic carbocycles. The highest BCUT2D eigenvalue weighted by Gasteiger charge is 2.41. The SMILES string of the molecule is C=CS(=O)(=O)CC(C)(C)C(C)(C)C(C)C. The average molecular weight is 232 g/mol. The maximum absolute atomic E-state index is 11.6. The van der Waals surface area contributed by atoms with Crippen molar-refractivity contribution in [2.24, 2.45) is 16.7 Å². The minimum Gasteiger partial charge on any atom is -0.224 e. The molecule has 0 aromatic rings. The fourth-order valence-corrected chi connectivity index (χ4v) is 3.03. The molecule has 0 amide bonds. The summed E-state index contributed by atoms with van der Waals surface area (Å²) in [5.41, 5.74) is -0.280. The van der Waals surface area contributed by atoms with Gasteiger partial charge in [0.1, 0.15) is 0 Å². The standard InChI is InChI=1S/C12H24O2S/c1-8-15(13,14)9-11(4,5)12(6,7)10(2)3/h8,10H,1,9H2,2-7H3. The Labute approximate surface area is 94.7 Å². The van der Waals surface area contributed by atoms with Crippen LogP contribution in [0.4, 0.5) is 0 Å². The zero-order chi connectivity index (χ0) is 12.5. The van der Waals surface area contributed by atoms with Crippen molar-refractivity contribution in [1.82, 2.24) is 0 Å². The Kier molecular flexibility index (Phi) is 4.19. The lowest BCUT2D eigenvalue weighted by Crippen LogP contribution is -2.41. The van der Waals surface area contributed by atoms with Gasteiger partial charge in [0.25, 0.3) is 0 Å². The molecule has 0 atom stereocenters. The highest BCUT2D eigenvalue weighted by molar-refractivity contribution is 7.94. The second kappa shape index (κ2) is 4.28. The van der Waals surface area contributed by atoms with Crippen molar-refractivity contribution in [3.63, 3.8) is 0 Å². The van der Waals surface area contributed by atoms with E-state index >= 15 is 0 Å². The lowest BCUT2D eigenvalue weighted by Gasteiger charge is -2.44. The van der Waals surface area contributed by atoms with Gasteiger partial charge in [-0.15, -0.1) is 0 Å². The van der Waals surface area contributed by atoms with Crippen molar-refractivity contribution in [2.75, 3.05) is 5.75 Å². The molecule has 0 saturated heterocycles. The molecule has 0 rings (SSSR count). The molecule has 15 heavy (non-hydrogen) atoms. The second-order valence-corrected chi connectivity index (χ2v) is 7.68. The van der Waals surface area contributed by atoms with Gasteiger partial charge in [0.05, 0.1) is 5.75 Å². The van der Waals surface area contributed by atoms with E-state index in [1.165, 1.54) is 0 Å².